The van der Waals surface area contributed by atoms with Gasteiger partial charge in [-0.15, -0.1) is 0 Å². The first-order chi connectivity index (χ1) is 52.8. The van der Waals surface area contributed by atoms with Crippen LogP contribution in [0.25, 0.3) is 151 Å². The van der Waals surface area contributed by atoms with E-state index in [4.69, 9.17) is 20.4 Å². The Morgan fingerprint density at radius 2 is 0.689 bits per heavy atom. The van der Waals surface area contributed by atoms with Crippen LogP contribution in [0.5, 0.6) is 0 Å². The van der Waals surface area contributed by atoms with E-state index in [2.05, 4.69) is 270 Å². The van der Waals surface area contributed by atoms with Crippen LogP contribution in [0.2, 0.25) is 0 Å². The number of aromatic nitrogens is 12. The van der Waals surface area contributed by atoms with Crippen molar-refractivity contribution in [2.24, 2.45) is 21.1 Å². The van der Waals surface area contributed by atoms with Crippen LogP contribution in [0, 0.1) is 27.6 Å². The molecule has 12 heteroatoms. The van der Waals surface area contributed by atoms with E-state index in [9.17, 15) is 1.37 Å². The number of hydrogen-bond acceptors (Lipinski definition) is 3. The number of hydrogen-bond donors (Lipinski definition) is 0. The van der Waals surface area contributed by atoms with Gasteiger partial charge in [0.15, 0.2) is 18.6 Å². The summed E-state index contributed by atoms with van der Waals surface area (Å²) in [7, 11) is 6.26. The van der Waals surface area contributed by atoms with Crippen LogP contribution in [0.4, 0.5) is 0 Å². The minimum absolute atomic E-state index is 0.359. The molecule has 0 spiro atoms. The minimum Gasteiger partial charge on any atom is -0.299 e. The van der Waals surface area contributed by atoms with Gasteiger partial charge in [0.05, 0.1) is 116 Å². The predicted octanol–water partition coefficient (Wildman–Crippen LogP) is 20.6. The number of imidazole rings is 6. The fraction of sp³-hybridized carbons (Fsp3) is 0.234. The summed E-state index contributed by atoms with van der Waals surface area (Å²) in [5.74, 6) is 1.17. The molecule has 9 aromatic heterocycles. The molecule has 0 amide bonds. The molecule has 0 saturated carbocycles. The Morgan fingerprint density at radius 3 is 1.08 bits per heavy atom. The first-order valence-corrected chi connectivity index (χ1v) is 37.0. The fourth-order valence-electron chi connectivity index (χ4n) is 19.1. The third kappa shape index (κ3) is 8.75. The van der Waals surface area contributed by atoms with Gasteiger partial charge in [0.25, 0.3) is 0 Å². The van der Waals surface area contributed by atoms with E-state index < -0.39 is 35.3 Å². The van der Waals surface area contributed by atoms with E-state index in [0.29, 0.717) is 5.56 Å². The van der Waals surface area contributed by atoms with Gasteiger partial charge in [-0.1, -0.05) is 173 Å². The van der Waals surface area contributed by atoms with Crippen molar-refractivity contribution in [1.29, 1.82) is 0 Å². The molecular formula is C94H89N12+3. The largest absolute Gasteiger partial charge is 0.299 e. The number of para-hydroxylation sites is 6. The molecule has 0 aliphatic carbocycles. The summed E-state index contributed by atoms with van der Waals surface area (Å²) in [6.07, 6.45) is 6.22. The van der Waals surface area contributed by atoms with E-state index in [1.54, 1.807) is 0 Å². The van der Waals surface area contributed by atoms with Gasteiger partial charge in [-0.2, -0.15) is 0 Å². The average molecular weight is 1390 g/mol. The molecule has 0 radical (unpaired) electrons. The highest BCUT2D eigenvalue weighted by Gasteiger charge is 2.48. The van der Waals surface area contributed by atoms with Crippen molar-refractivity contribution < 1.29 is 20.6 Å². The van der Waals surface area contributed by atoms with Gasteiger partial charge in [-0.3, -0.25) is 26.9 Å². The van der Waals surface area contributed by atoms with E-state index in [1.165, 1.54) is 66.8 Å². The third-order valence-corrected chi connectivity index (χ3v) is 23.5. The zero-order valence-corrected chi connectivity index (χ0v) is 63.2. The molecule has 3 aliphatic rings. The van der Waals surface area contributed by atoms with E-state index >= 15 is 0 Å². The van der Waals surface area contributed by atoms with Crippen LogP contribution in [-0.4, -0.2) is 41.9 Å². The summed E-state index contributed by atoms with van der Waals surface area (Å²) < 4.78 is 64.6. The highest BCUT2D eigenvalue weighted by atomic mass is 15.3. The molecule has 0 N–H and O–H groups in total. The van der Waals surface area contributed by atoms with E-state index in [-0.39, 0.29) is 0 Å². The summed E-state index contributed by atoms with van der Waals surface area (Å²) >= 11 is 0. The number of pyridine rings is 3. The normalized spacial score (nSPS) is 15.3. The second-order valence-electron chi connectivity index (χ2n) is 31.6. The predicted molar refractivity (Wildman–Crippen MR) is 433 cm³/mol. The maximum absolute atomic E-state index is 9.41. The van der Waals surface area contributed by atoms with Gasteiger partial charge >= 0.3 is 0 Å². The number of nitrogens with zero attached hydrogens (tertiary/aromatic N) is 12. The topological polar surface area (TPSA) is 78.3 Å². The second kappa shape index (κ2) is 22.9. The lowest BCUT2D eigenvalue weighted by molar-refractivity contribution is -0.661. The fourth-order valence-corrected chi connectivity index (χ4v) is 19.1. The van der Waals surface area contributed by atoms with Crippen molar-refractivity contribution in [2.45, 2.75) is 125 Å². The Balaban J connectivity index is 0.000000112. The van der Waals surface area contributed by atoms with Crippen LogP contribution in [-0.2, 0) is 37.8 Å². The van der Waals surface area contributed by atoms with Gasteiger partial charge in [0.2, 0.25) is 34.4 Å². The Labute approximate surface area is 625 Å². The Morgan fingerprint density at radius 1 is 0.349 bits per heavy atom. The summed E-state index contributed by atoms with van der Waals surface area (Å²) in [4.78, 5) is 15.4. The molecule has 0 atom stereocenters. The first kappa shape index (κ1) is 59.6. The van der Waals surface area contributed by atoms with Gasteiger partial charge in [-0.25, -0.2) is 28.7 Å². The lowest BCUT2D eigenvalue weighted by Crippen LogP contribution is -2.42. The zero-order valence-electron chi connectivity index (χ0n) is 68.2. The van der Waals surface area contributed by atoms with Gasteiger partial charge in [0, 0.05) is 34.7 Å². The van der Waals surface area contributed by atoms with Crippen molar-refractivity contribution in [3.05, 3.63) is 269 Å². The molecule has 0 fully saturated rings. The van der Waals surface area contributed by atoms with Gasteiger partial charge < -0.3 is 0 Å². The minimum atomic E-state index is -2.27. The average Bonchev–Trinajstić information content (AvgIpc) is 1.56. The van der Waals surface area contributed by atoms with Gasteiger partial charge in [-0.05, 0) is 174 Å². The zero-order chi connectivity index (χ0) is 77.6. The molecule has 21 rings (SSSR count). The van der Waals surface area contributed by atoms with E-state index in [1.807, 2.05) is 100 Å². The molecule has 0 saturated heterocycles. The molecule has 18 aromatic rings. The Hall–Kier alpha value is -11.8. The Kier molecular flexibility index (Phi) is 12.9. The number of benzene rings is 9. The molecule has 3 aliphatic heterocycles. The van der Waals surface area contributed by atoms with Crippen LogP contribution in [0.15, 0.2) is 219 Å². The lowest BCUT2D eigenvalue weighted by Gasteiger charge is -2.36. The maximum atomic E-state index is 9.41. The van der Waals surface area contributed by atoms with E-state index in [0.717, 1.165) is 128 Å². The number of rotatable bonds is 5. The molecular weight excluding hydrogens is 1300 g/mol. The van der Waals surface area contributed by atoms with Crippen LogP contribution >= 0.6 is 0 Å². The summed E-state index contributed by atoms with van der Waals surface area (Å²) in [5.41, 5.74) is 34.6. The molecule has 9 aromatic carbocycles. The number of aryl methyl sites for hydroxylation is 7. The van der Waals surface area contributed by atoms with Crippen molar-refractivity contribution in [3.63, 3.8) is 0 Å². The van der Waals surface area contributed by atoms with Crippen molar-refractivity contribution in [3.8, 4) is 67.2 Å². The van der Waals surface area contributed by atoms with Crippen molar-refractivity contribution >= 4 is 83.5 Å². The van der Waals surface area contributed by atoms with Crippen LogP contribution in [0.1, 0.15) is 138 Å². The smallest absolute Gasteiger partial charge is 0.220 e. The Bertz CT molecular complexity index is 6760. The molecule has 0 bridgehead atoms. The monoisotopic (exact) mass is 1390 g/mol. The lowest BCUT2D eigenvalue weighted by atomic mass is 9.76. The second-order valence-corrected chi connectivity index (χ2v) is 31.6. The quantitative estimate of drug-likeness (QED) is 0.161. The summed E-state index contributed by atoms with van der Waals surface area (Å²) in [5, 5.41) is 0. The number of fused-ring (bicyclic) bond motifs is 21. The first-order valence-electron chi connectivity index (χ1n) is 39.5. The van der Waals surface area contributed by atoms with Gasteiger partial charge in [0.1, 0.15) is 21.1 Å². The maximum Gasteiger partial charge on any atom is 0.220 e. The SMILES string of the molecule is [2H]C(C)(C)c1c(-c2ccccc2)c[n+](C)c2c1C(C)(C)n1c3c-2c(C)ccc3n2c3ccccc3nc12.[2H]C(C)(C)c1c[n+](C)c2c(c1-c1ccccc1)C(C)(C)n1c3c-2c(C)ccc3n2c3ccccc3nc12.[2H]C([2H])([2H])c1c[n+](C)c2c(c1-c1ccccc1)C(C)(C)n1c3c-2c(C)ccc3n2c3ccccc3nc12. The summed E-state index contributed by atoms with van der Waals surface area (Å²) in [6.45, 7) is 25.9. The molecule has 0 unspecified atom stereocenters. The highest BCUT2D eigenvalue weighted by Crippen LogP contribution is 2.55. The molecule has 106 heavy (non-hydrogen) atoms. The standard InChI is InChI=1S/2C32H31N4.C30H27N4/c1-19(2)26-22(21-12-8-7-9-13-21)18-34(6)30-27-20(3)16-17-25-29(27)36(32(4,5)28(26)30)31-33-23-14-10-11-15-24(23)35(25)31;1-19(2)22-18-34(6)30-26-20(3)16-17-25-29(26)36(31-33-23-14-10-11-15-24(23)35(25)31)32(4,5)28(30)27(22)21-12-8-7-9-13-21;1-18-15-16-23-27-25(18)28-26(24(19(2)17-32(28)5)20-11-7-6-8-12-20)30(3,4)34(27)29-31-21-13-9-10-14-22(21)33(23)29/h2*7-19H,1-6H3;6-17H,1-5H3/q3*+1/i2*19D;2D3. The molecule has 12 heterocycles. The van der Waals surface area contributed by atoms with Crippen molar-refractivity contribution in [2.75, 3.05) is 0 Å². The summed E-state index contributed by atoms with van der Waals surface area (Å²) in [6, 6.07) is 69.3. The third-order valence-electron chi connectivity index (χ3n) is 23.5. The van der Waals surface area contributed by atoms with Crippen molar-refractivity contribution in [1.82, 2.24) is 41.9 Å². The molecule has 522 valence electrons. The van der Waals surface area contributed by atoms with Crippen LogP contribution in [0.3, 0.4) is 0 Å². The van der Waals surface area contributed by atoms with Crippen LogP contribution < -0.4 is 13.7 Å². The highest BCUT2D eigenvalue weighted by molar-refractivity contribution is 6.06. The molecule has 12 nitrogen and oxygen atoms in total.